The van der Waals surface area contributed by atoms with Gasteiger partial charge in [0.25, 0.3) is 0 Å². The van der Waals surface area contributed by atoms with Crippen molar-refractivity contribution < 1.29 is 9.31 Å². The van der Waals surface area contributed by atoms with E-state index in [0.29, 0.717) is 0 Å². The van der Waals surface area contributed by atoms with Gasteiger partial charge in [0.1, 0.15) is 0 Å². The second-order valence-corrected chi connectivity index (χ2v) is 10.7. The van der Waals surface area contributed by atoms with Gasteiger partial charge in [0.05, 0.1) is 16.6 Å². The summed E-state index contributed by atoms with van der Waals surface area (Å²) in [5.74, 6) is 0. The highest BCUT2D eigenvalue weighted by atomic mass is 16.7. The molecule has 0 spiro atoms. The molecule has 3 heteroatoms. The van der Waals surface area contributed by atoms with E-state index in [-0.39, 0.29) is 16.6 Å². The van der Waals surface area contributed by atoms with Gasteiger partial charge in [-0.15, -0.1) is 0 Å². The van der Waals surface area contributed by atoms with Gasteiger partial charge < -0.3 is 9.31 Å². The molecule has 0 saturated carbocycles. The Labute approximate surface area is 205 Å². The average Bonchev–Trinajstić information content (AvgIpc) is 3.25. The first-order valence-electron chi connectivity index (χ1n) is 12.5. The summed E-state index contributed by atoms with van der Waals surface area (Å²) < 4.78 is 13.1. The third-order valence-electron chi connectivity index (χ3n) is 8.17. The third-order valence-corrected chi connectivity index (χ3v) is 8.17. The lowest BCUT2D eigenvalue weighted by Crippen LogP contribution is -2.41. The van der Waals surface area contributed by atoms with E-state index < -0.39 is 7.12 Å². The molecule has 1 fully saturated rings. The lowest BCUT2D eigenvalue weighted by Gasteiger charge is -2.35. The van der Waals surface area contributed by atoms with Gasteiger partial charge in [-0.1, -0.05) is 84.5 Å². The van der Waals surface area contributed by atoms with E-state index in [2.05, 4.69) is 120 Å². The zero-order valence-corrected chi connectivity index (χ0v) is 21.3. The summed E-state index contributed by atoms with van der Waals surface area (Å²) in [7, 11) is -0.393. The molecule has 1 heterocycles. The fourth-order valence-electron chi connectivity index (χ4n) is 5.78. The van der Waals surface area contributed by atoms with Crippen molar-refractivity contribution in [1.29, 1.82) is 0 Å². The van der Waals surface area contributed by atoms with Gasteiger partial charge in [-0.2, -0.15) is 0 Å². The molecule has 2 aromatic rings. The summed E-state index contributed by atoms with van der Waals surface area (Å²) in [6.07, 6.45) is 13.5. The molecule has 174 valence electrons. The van der Waals surface area contributed by atoms with E-state index in [0.717, 1.165) is 18.3 Å². The second kappa shape index (κ2) is 8.25. The van der Waals surface area contributed by atoms with Gasteiger partial charge in [-0.3, -0.25) is 0 Å². The first-order chi connectivity index (χ1) is 16.2. The van der Waals surface area contributed by atoms with Crippen LogP contribution in [-0.2, 0) is 14.7 Å². The molecule has 0 radical (unpaired) electrons. The molecule has 34 heavy (non-hydrogen) atoms. The van der Waals surface area contributed by atoms with Gasteiger partial charge in [-0.05, 0) is 87.7 Å². The molecule has 1 atom stereocenters. The molecule has 0 aromatic heterocycles. The van der Waals surface area contributed by atoms with Gasteiger partial charge >= 0.3 is 7.12 Å². The van der Waals surface area contributed by atoms with Crippen molar-refractivity contribution in [2.75, 3.05) is 0 Å². The smallest absolute Gasteiger partial charge is 0.399 e. The first kappa shape index (κ1) is 23.1. The van der Waals surface area contributed by atoms with E-state index >= 15 is 0 Å². The fourth-order valence-corrected chi connectivity index (χ4v) is 5.78. The van der Waals surface area contributed by atoms with Crippen molar-refractivity contribution >= 4 is 18.2 Å². The van der Waals surface area contributed by atoms with Crippen LogP contribution < -0.4 is 5.46 Å². The number of benzene rings is 2. The average molecular weight is 450 g/mol. The number of fused-ring (bicyclic) bond motifs is 3. The number of rotatable bonds is 4. The topological polar surface area (TPSA) is 18.5 Å². The normalized spacial score (nSPS) is 25.2. The quantitative estimate of drug-likeness (QED) is 0.372. The minimum absolute atomic E-state index is 0.331. The van der Waals surface area contributed by atoms with E-state index in [1.165, 1.54) is 33.4 Å². The highest BCUT2D eigenvalue weighted by molar-refractivity contribution is 6.63. The van der Waals surface area contributed by atoms with Gasteiger partial charge in [0.2, 0.25) is 0 Å². The molecule has 5 rings (SSSR count). The molecule has 2 aromatic carbocycles. The van der Waals surface area contributed by atoms with Crippen LogP contribution in [0.3, 0.4) is 0 Å². The van der Waals surface area contributed by atoms with Crippen LogP contribution in [0.1, 0.15) is 71.1 Å². The summed E-state index contributed by atoms with van der Waals surface area (Å²) >= 11 is 0. The van der Waals surface area contributed by atoms with Crippen molar-refractivity contribution in [3.05, 3.63) is 107 Å². The Kier molecular flexibility index (Phi) is 5.62. The maximum atomic E-state index is 6.56. The van der Waals surface area contributed by atoms with Crippen LogP contribution in [0.25, 0.3) is 5.57 Å². The molecule has 2 nitrogen and oxygen atoms in total. The molecule has 1 unspecified atom stereocenters. The Morgan fingerprint density at radius 1 is 0.882 bits per heavy atom. The first-order valence-corrected chi connectivity index (χ1v) is 12.5. The van der Waals surface area contributed by atoms with Gasteiger partial charge in [-0.25, -0.2) is 0 Å². The maximum absolute atomic E-state index is 6.56. The Morgan fingerprint density at radius 2 is 1.56 bits per heavy atom. The Morgan fingerprint density at radius 3 is 2.24 bits per heavy atom. The van der Waals surface area contributed by atoms with Crippen molar-refractivity contribution in [3.63, 3.8) is 0 Å². The van der Waals surface area contributed by atoms with Gasteiger partial charge in [0, 0.05) is 0 Å². The van der Waals surface area contributed by atoms with E-state index in [9.17, 15) is 0 Å². The summed E-state index contributed by atoms with van der Waals surface area (Å²) in [6.45, 7) is 12.8. The van der Waals surface area contributed by atoms with Crippen molar-refractivity contribution in [2.24, 2.45) is 0 Å². The van der Waals surface area contributed by atoms with E-state index in [4.69, 9.17) is 9.31 Å². The summed E-state index contributed by atoms with van der Waals surface area (Å²) in [4.78, 5) is 0. The molecule has 0 N–H and O–H groups in total. The largest absolute Gasteiger partial charge is 0.495 e. The minimum Gasteiger partial charge on any atom is -0.399 e. The van der Waals surface area contributed by atoms with Crippen LogP contribution in [0.4, 0.5) is 0 Å². The third kappa shape index (κ3) is 3.25. The van der Waals surface area contributed by atoms with Crippen LogP contribution in [0.15, 0.2) is 90.1 Å². The zero-order valence-electron chi connectivity index (χ0n) is 21.3. The maximum Gasteiger partial charge on any atom is 0.495 e. The van der Waals surface area contributed by atoms with Crippen molar-refractivity contribution in [3.8, 4) is 0 Å². The lowest BCUT2D eigenvalue weighted by molar-refractivity contribution is 0.00578. The van der Waals surface area contributed by atoms with E-state index in [1.807, 2.05) is 0 Å². The molecule has 0 amide bonds. The molecule has 1 saturated heterocycles. The number of hydrogen-bond acceptors (Lipinski definition) is 2. The van der Waals surface area contributed by atoms with Gasteiger partial charge in [0.15, 0.2) is 0 Å². The molecule has 1 aliphatic heterocycles. The number of hydrogen-bond donors (Lipinski definition) is 0. The van der Waals surface area contributed by atoms with Crippen LogP contribution in [0.2, 0.25) is 0 Å². The predicted molar refractivity (Wildman–Crippen MR) is 143 cm³/mol. The Bertz CT molecular complexity index is 1210. The molecule has 3 aliphatic rings. The fraction of sp³-hybridized carbons (Fsp3) is 0.355. The monoisotopic (exact) mass is 450 g/mol. The summed E-state index contributed by atoms with van der Waals surface area (Å²) in [5, 5.41) is 0. The van der Waals surface area contributed by atoms with Crippen LogP contribution in [-0.4, -0.2) is 18.3 Å². The zero-order chi connectivity index (χ0) is 24.1. The summed E-state index contributed by atoms with van der Waals surface area (Å²) in [6, 6.07) is 17.6. The molecule has 0 bridgehead atoms. The Hall–Kier alpha value is -2.62. The SMILES string of the molecule is C/C=C\C=C(/C)C1(c2ccccc2)C2=CCCC=C2c2c(B3OC(C)(C)C(C)(C)O3)cccc21. The number of allylic oxidation sites excluding steroid dienone is 8. The van der Waals surface area contributed by atoms with Crippen LogP contribution in [0.5, 0.6) is 0 Å². The Balaban J connectivity index is 1.81. The van der Waals surface area contributed by atoms with Crippen LogP contribution >= 0.6 is 0 Å². The predicted octanol–water partition coefficient (Wildman–Crippen LogP) is 6.91. The summed E-state index contributed by atoms with van der Waals surface area (Å²) in [5.41, 5.74) is 8.00. The second-order valence-electron chi connectivity index (χ2n) is 10.7. The van der Waals surface area contributed by atoms with Crippen LogP contribution in [0, 0.1) is 0 Å². The highest BCUT2D eigenvalue weighted by Gasteiger charge is 2.55. The van der Waals surface area contributed by atoms with E-state index in [1.54, 1.807) is 0 Å². The minimum atomic E-state index is -0.393. The standard InChI is InChI=1S/C31H35BO2/c1-7-8-15-22(2)31(23-16-10-9-11-17-23)25-19-13-12-18-24(25)28-26(31)20-14-21-27(28)32-33-29(3,4)30(5,6)34-32/h7-11,14-21H,12-13H2,1-6H3/b8-7-,22-15+. The van der Waals surface area contributed by atoms with Crippen molar-refractivity contribution in [1.82, 2.24) is 0 Å². The highest BCUT2D eigenvalue weighted by Crippen LogP contribution is 2.58. The molecule has 2 aliphatic carbocycles. The van der Waals surface area contributed by atoms with Crippen molar-refractivity contribution in [2.45, 2.75) is 71.0 Å². The molecular formula is C31H35BO2. The molecular weight excluding hydrogens is 415 g/mol. The lowest BCUT2D eigenvalue weighted by atomic mass is 9.66.